The van der Waals surface area contributed by atoms with Crippen molar-refractivity contribution in [3.05, 3.63) is 0 Å². The molecule has 1 spiro atoms. The molecule has 1 saturated heterocycles. The van der Waals surface area contributed by atoms with Crippen molar-refractivity contribution in [3.63, 3.8) is 0 Å². The summed E-state index contributed by atoms with van der Waals surface area (Å²) in [4.78, 5) is 0. The van der Waals surface area contributed by atoms with Crippen molar-refractivity contribution >= 4 is 0 Å². The van der Waals surface area contributed by atoms with Gasteiger partial charge in [-0.2, -0.15) is 0 Å². The van der Waals surface area contributed by atoms with Gasteiger partial charge in [-0.15, -0.1) is 0 Å². The Bertz CT molecular complexity index is 135. The van der Waals surface area contributed by atoms with Crippen molar-refractivity contribution in [1.82, 2.24) is 5.32 Å². The van der Waals surface area contributed by atoms with Gasteiger partial charge in [0, 0.05) is 12.6 Å². The van der Waals surface area contributed by atoms with E-state index in [2.05, 4.69) is 19.2 Å². The van der Waals surface area contributed by atoms with Crippen molar-refractivity contribution in [2.75, 3.05) is 6.54 Å². The van der Waals surface area contributed by atoms with Crippen molar-refractivity contribution in [2.45, 2.75) is 45.6 Å². The van der Waals surface area contributed by atoms with E-state index in [0.29, 0.717) is 0 Å². The number of hydrogen-bond acceptors (Lipinski definition) is 1. The molecule has 1 heteroatoms. The van der Waals surface area contributed by atoms with E-state index >= 15 is 0 Å². The van der Waals surface area contributed by atoms with E-state index in [9.17, 15) is 0 Å². The molecule has 0 bridgehead atoms. The molecule has 2 fully saturated rings. The van der Waals surface area contributed by atoms with Crippen LogP contribution in [0.15, 0.2) is 0 Å². The summed E-state index contributed by atoms with van der Waals surface area (Å²) in [6, 6.07) is 0.778. The zero-order valence-electron chi connectivity index (χ0n) is 7.69. The van der Waals surface area contributed by atoms with Gasteiger partial charge in [-0.25, -0.2) is 0 Å². The van der Waals surface area contributed by atoms with Crippen LogP contribution in [0, 0.1) is 11.3 Å². The third kappa shape index (κ3) is 1.31. The molecular formula is C10H19N. The molecule has 3 atom stereocenters. The number of hydrogen-bond donors (Lipinski definition) is 1. The molecule has 11 heavy (non-hydrogen) atoms. The highest BCUT2D eigenvalue weighted by Crippen LogP contribution is 2.46. The Kier molecular flexibility index (Phi) is 1.71. The van der Waals surface area contributed by atoms with Crippen molar-refractivity contribution < 1.29 is 0 Å². The van der Waals surface area contributed by atoms with Gasteiger partial charge in [0.05, 0.1) is 0 Å². The highest BCUT2D eigenvalue weighted by Gasteiger charge is 2.41. The Morgan fingerprint density at radius 1 is 1.27 bits per heavy atom. The van der Waals surface area contributed by atoms with Crippen LogP contribution in [0.5, 0.6) is 0 Å². The fourth-order valence-electron chi connectivity index (χ4n) is 3.03. The van der Waals surface area contributed by atoms with E-state index < -0.39 is 0 Å². The van der Waals surface area contributed by atoms with Gasteiger partial charge in [-0.3, -0.25) is 0 Å². The van der Waals surface area contributed by atoms with Gasteiger partial charge in [0.2, 0.25) is 0 Å². The van der Waals surface area contributed by atoms with Gasteiger partial charge in [0.15, 0.2) is 0 Å². The summed E-state index contributed by atoms with van der Waals surface area (Å²) < 4.78 is 0. The van der Waals surface area contributed by atoms with Crippen LogP contribution < -0.4 is 5.32 Å². The molecule has 64 valence electrons. The molecule has 1 aliphatic carbocycles. The van der Waals surface area contributed by atoms with Crippen LogP contribution in [0.25, 0.3) is 0 Å². The highest BCUT2D eigenvalue weighted by atomic mass is 15.0. The topological polar surface area (TPSA) is 12.0 Å². The van der Waals surface area contributed by atoms with Gasteiger partial charge < -0.3 is 5.32 Å². The Hall–Kier alpha value is -0.0400. The maximum atomic E-state index is 3.57. The summed E-state index contributed by atoms with van der Waals surface area (Å²) in [5, 5.41) is 3.57. The number of nitrogens with one attached hydrogen (secondary N) is 1. The second-order valence-electron chi connectivity index (χ2n) is 4.83. The molecular weight excluding hydrogens is 134 g/mol. The monoisotopic (exact) mass is 153 g/mol. The highest BCUT2D eigenvalue weighted by molar-refractivity contribution is 4.96. The van der Waals surface area contributed by atoms with Crippen molar-refractivity contribution in [2.24, 2.45) is 11.3 Å². The molecule has 0 radical (unpaired) electrons. The van der Waals surface area contributed by atoms with Gasteiger partial charge in [-0.1, -0.05) is 13.3 Å². The summed E-state index contributed by atoms with van der Waals surface area (Å²) in [5.41, 5.74) is 0.721. The minimum atomic E-state index is 0.721. The van der Waals surface area contributed by atoms with Crippen LogP contribution in [-0.2, 0) is 0 Å². The molecule has 2 rings (SSSR count). The van der Waals surface area contributed by atoms with Gasteiger partial charge in [-0.05, 0) is 37.5 Å². The van der Waals surface area contributed by atoms with E-state index in [0.717, 1.165) is 17.4 Å². The minimum Gasteiger partial charge on any atom is -0.314 e. The lowest BCUT2D eigenvalue weighted by molar-refractivity contribution is 0.318. The third-order valence-corrected chi connectivity index (χ3v) is 3.51. The zero-order valence-corrected chi connectivity index (χ0v) is 7.69. The summed E-state index contributed by atoms with van der Waals surface area (Å²) in [6.45, 7) is 6.01. The first-order chi connectivity index (χ1) is 5.20. The third-order valence-electron chi connectivity index (χ3n) is 3.51. The molecule has 1 saturated carbocycles. The first kappa shape index (κ1) is 7.60. The standard InChI is InChI=1S/C10H19N/c1-8-3-4-10(5-8)6-9(2)11-7-10/h8-9,11H,3-7H2,1-2H3. The molecule has 0 aromatic carbocycles. The van der Waals surface area contributed by atoms with Gasteiger partial charge in [0.25, 0.3) is 0 Å². The second-order valence-corrected chi connectivity index (χ2v) is 4.83. The lowest BCUT2D eigenvalue weighted by Crippen LogP contribution is -2.21. The van der Waals surface area contributed by atoms with Gasteiger partial charge >= 0.3 is 0 Å². The molecule has 1 N–H and O–H groups in total. The lowest BCUT2D eigenvalue weighted by atomic mass is 9.83. The van der Waals surface area contributed by atoms with Crippen LogP contribution in [0.1, 0.15) is 39.5 Å². The lowest BCUT2D eigenvalue weighted by Gasteiger charge is -2.21. The minimum absolute atomic E-state index is 0.721. The quantitative estimate of drug-likeness (QED) is 0.562. The van der Waals surface area contributed by atoms with E-state index in [-0.39, 0.29) is 0 Å². The number of rotatable bonds is 0. The largest absolute Gasteiger partial charge is 0.314 e. The Balaban J connectivity index is 2.02. The predicted octanol–water partition coefficient (Wildman–Crippen LogP) is 2.17. The molecule has 1 aliphatic heterocycles. The maximum absolute atomic E-state index is 3.57. The normalized spacial score (nSPS) is 50.7. The molecule has 0 aromatic heterocycles. The van der Waals surface area contributed by atoms with Crippen LogP contribution in [-0.4, -0.2) is 12.6 Å². The van der Waals surface area contributed by atoms with Gasteiger partial charge in [0.1, 0.15) is 0 Å². The SMILES string of the molecule is CC1CCC2(CNC(C)C2)C1. The molecule has 1 heterocycles. The van der Waals surface area contributed by atoms with E-state index in [1.54, 1.807) is 0 Å². The Morgan fingerprint density at radius 2 is 2.09 bits per heavy atom. The maximum Gasteiger partial charge on any atom is 0.00447 e. The van der Waals surface area contributed by atoms with Crippen LogP contribution >= 0.6 is 0 Å². The Labute approximate surface area is 69.6 Å². The van der Waals surface area contributed by atoms with Crippen LogP contribution in [0.3, 0.4) is 0 Å². The summed E-state index contributed by atoms with van der Waals surface area (Å²) in [6.07, 6.45) is 5.85. The summed E-state index contributed by atoms with van der Waals surface area (Å²) >= 11 is 0. The molecule has 1 nitrogen and oxygen atoms in total. The molecule has 2 aliphatic rings. The molecule has 0 amide bonds. The smallest absolute Gasteiger partial charge is 0.00447 e. The first-order valence-electron chi connectivity index (χ1n) is 4.94. The Morgan fingerprint density at radius 3 is 2.55 bits per heavy atom. The van der Waals surface area contributed by atoms with E-state index in [1.165, 1.54) is 32.2 Å². The average Bonchev–Trinajstić information content (AvgIpc) is 2.44. The fourth-order valence-corrected chi connectivity index (χ4v) is 3.03. The second kappa shape index (κ2) is 2.48. The van der Waals surface area contributed by atoms with Crippen molar-refractivity contribution in [1.29, 1.82) is 0 Å². The predicted molar refractivity (Wildman–Crippen MR) is 47.5 cm³/mol. The molecule has 3 unspecified atom stereocenters. The summed E-state index contributed by atoms with van der Waals surface area (Å²) in [5.74, 6) is 0.988. The summed E-state index contributed by atoms with van der Waals surface area (Å²) in [7, 11) is 0. The van der Waals surface area contributed by atoms with E-state index in [4.69, 9.17) is 0 Å². The van der Waals surface area contributed by atoms with Crippen LogP contribution in [0.2, 0.25) is 0 Å². The average molecular weight is 153 g/mol. The fraction of sp³-hybridized carbons (Fsp3) is 1.00. The zero-order chi connectivity index (χ0) is 7.90. The van der Waals surface area contributed by atoms with Crippen molar-refractivity contribution in [3.8, 4) is 0 Å². The molecule has 0 aromatic rings. The first-order valence-corrected chi connectivity index (χ1v) is 4.94. The van der Waals surface area contributed by atoms with E-state index in [1.807, 2.05) is 0 Å². The van der Waals surface area contributed by atoms with Crippen LogP contribution in [0.4, 0.5) is 0 Å².